The molecule has 0 saturated heterocycles. The van der Waals surface area contributed by atoms with Crippen molar-refractivity contribution in [1.82, 2.24) is 10.2 Å². The smallest absolute Gasteiger partial charge is 0.263 e. The van der Waals surface area contributed by atoms with E-state index in [1.165, 1.54) is 6.92 Å². The van der Waals surface area contributed by atoms with Gasteiger partial charge in [0.05, 0.1) is 0 Å². The molecule has 1 aromatic heterocycles. The van der Waals surface area contributed by atoms with Crippen molar-refractivity contribution in [2.45, 2.75) is 6.92 Å². The van der Waals surface area contributed by atoms with E-state index >= 15 is 0 Å². The average Bonchev–Trinajstić information content (AvgIpc) is 2.70. The molecule has 3 N–H and O–H groups in total. The summed E-state index contributed by atoms with van der Waals surface area (Å²) in [6.45, 7) is 1.34. The molecule has 0 fully saturated rings. The Hall–Kier alpha value is -3.94. The van der Waals surface area contributed by atoms with E-state index in [2.05, 4.69) is 26.1 Å². The van der Waals surface area contributed by atoms with Crippen LogP contribution in [0.2, 0.25) is 0 Å². The number of benzene rings is 2. The van der Waals surface area contributed by atoms with Crippen LogP contribution in [0.25, 0.3) is 0 Å². The van der Waals surface area contributed by atoms with E-state index in [0.29, 0.717) is 23.1 Å². The maximum Gasteiger partial charge on any atom is 0.263 e. The number of nitrogens with one attached hydrogen (secondary N) is 3. The van der Waals surface area contributed by atoms with E-state index in [1.807, 2.05) is 30.3 Å². The average molecular weight is 377 g/mol. The van der Waals surface area contributed by atoms with Crippen LogP contribution in [-0.2, 0) is 9.59 Å². The summed E-state index contributed by atoms with van der Waals surface area (Å²) >= 11 is 0. The summed E-state index contributed by atoms with van der Waals surface area (Å²) in [5.41, 5.74) is 1.50. The highest BCUT2D eigenvalue weighted by Gasteiger charge is 2.06. The summed E-state index contributed by atoms with van der Waals surface area (Å²) in [6, 6.07) is 19.6. The Bertz CT molecular complexity index is 928. The van der Waals surface area contributed by atoms with E-state index in [-0.39, 0.29) is 18.4 Å². The minimum absolute atomic E-state index is 0.119. The molecule has 8 nitrogen and oxygen atoms in total. The van der Waals surface area contributed by atoms with E-state index in [1.54, 1.807) is 36.4 Å². The van der Waals surface area contributed by atoms with Gasteiger partial charge in [0.2, 0.25) is 5.91 Å². The van der Waals surface area contributed by atoms with Crippen LogP contribution in [0, 0.1) is 0 Å². The van der Waals surface area contributed by atoms with Crippen LogP contribution in [0.3, 0.4) is 0 Å². The van der Waals surface area contributed by atoms with E-state index in [0.717, 1.165) is 5.69 Å². The fourth-order valence-electron chi connectivity index (χ4n) is 2.30. The Morgan fingerprint density at radius 2 is 1.46 bits per heavy atom. The lowest BCUT2D eigenvalue weighted by molar-refractivity contribution is -0.118. The second-order valence-corrected chi connectivity index (χ2v) is 5.84. The minimum atomic E-state index is -0.326. The van der Waals surface area contributed by atoms with Gasteiger partial charge in [0, 0.05) is 18.3 Å². The van der Waals surface area contributed by atoms with Crippen molar-refractivity contribution < 1.29 is 14.3 Å². The maximum atomic E-state index is 11.9. The second-order valence-electron chi connectivity index (χ2n) is 5.84. The highest BCUT2D eigenvalue weighted by atomic mass is 16.5. The topological polar surface area (TPSA) is 105 Å². The molecule has 3 aromatic rings. The lowest BCUT2D eigenvalue weighted by Gasteiger charge is -2.08. The van der Waals surface area contributed by atoms with Crippen LogP contribution >= 0.6 is 0 Å². The van der Waals surface area contributed by atoms with Gasteiger partial charge in [0.15, 0.2) is 18.2 Å². The molecule has 28 heavy (non-hydrogen) atoms. The first-order valence-electron chi connectivity index (χ1n) is 8.54. The number of amides is 2. The standard InChI is InChI=1S/C20H19N5O3/c1-14(26)21-15-7-9-16(10-8-15)22-18-11-12-19(25-24-18)23-20(27)13-28-17-5-3-2-4-6-17/h2-12H,13H2,1H3,(H,21,26)(H,22,24)(H,23,25,27). The zero-order chi connectivity index (χ0) is 19.8. The fourth-order valence-corrected chi connectivity index (χ4v) is 2.30. The maximum absolute atomic E-state index is 11.9. The van der Waals surface area contributed by atoms with Gasteiger partial charge in [0.25, 0.3) is 5.91 Å². The SMILES string of the molecule is CC(=O)Nc1ccc(Nc2ccc(NC(=O)COc3ccccc3)nn2)cc1. The van der Waals surface area contributed by atoms with Gasteiger partial charge in [-0.25, -0.2) is 0 Å². The van der Waals surface area contributed by atoms with Crippen LogP contribution in [0.1, 0.15) is 6.92 Å². The highest BCUT2D eigenvalue weighted by Crippen LogP contribution is 2.18. The second kappa shape index (κ2) is 9.13. The molecule has 2 aromatic carbocycles. The molecule has 8 heteroatoms. The quantitative estimate of drug-likeness (QED) is 0.584. The van der Waals surface area contributed by atoms with Gasteiger partial charge in [-0.3, -0.25) is 9.59 Å². The minimum Gasteiger partial charge on any atom is -0.484 e. The Labute approximate surface area is 161 Å². The third-order valence-electron chi connectivity index (χ3n) is 3.52. The van der Waals surface area contributed by atoms with Gasteiger partial charge in [-0.05, 0) is 48.5 Å². The summed E-state index contributed by atoms with van der Waals surface area (Å²) in [5.74, 6) is 1.01. The van der Waals surface area contributed by atoms with Gasteiger partial charge in [-0.2, -0.15) is 0 Å². The summed E-state index contributed by atoms with van der Waals surface area (Å²) in [5, 5.41) is 16.4. The van der Waals surface area contributed by atoms with Crippen LogP contribution in [0.5, 0.6) is 5.75 Å². The van der Waals surface area contributed by atoms with E-state index in [4.69, 9.17) is 4.74 Å². The van der Waals surface area contributed by atoms with Crippen LogP contribution < -0.4 is 20.7 Å². The first-order chi connectivity index (χ1) is 13.6. The first kappa shape index (κ1) is 18.8. The van der Waals surface area contributed by atoms with Crippen molar-refractivity contribution in [2.75, 3.05) is 22.6 Å². The molecule has 0 aliphatic rings. The molecular formula is C20H19N5O3. The zero-order valence-corrected chi connectivity index (χ0v) is 15.2. The molecular weight excluding hydrogens is 358 g/mol. The number of ether oxygens (including phenoxy) is 1. The number of anilines is 4. The molecule has 0 unspecified atom stereocenters. The summed E-state index contributed by atoms with van der Waals surface area (Å²) in [7, 11) is 0. The molecule has 0 atom stereocenters. The summed E-state index contributed by atoms with van der Waals surface area (Å²) < 4.78 is 5.38. The van der Waals surface area contributed by atoms with E-state index < -0.39 is 0 Å². The number of nitrogens with zero attached hydrogens (tertiary/aromatic N) is 2. The monoisotopic (exact) mass is 377 g/mol. The Morgan fingerprint density at radius 3 is 2.11 bits per heavy atom. The molecule has 0 radical (unpaired) electrons. The molecule has 0 bridgehead atoms. The molecule has 3 rings (SSSR count). The number of rotatable bonds is 7. The van der Waals surface area contributed by atoms with Crippen LogP contribution in [0.15, 0.2) is 66.7 Å². The van der Waals surface area contributed by atoms with Crippen molar-refractivity contribution in [3.63, 3.8) is 0 Å². The molecule has 2 amide bonds. The Kier molecular flexibility index (Phi) is 6.14. The van der Waals surface area contributed by atoms with Gasteiger partial charge in [0.1, 0.15) is 5.75 Å². The molecule has 142 valence electrons. The number of aromatic nitrogens is 2. The number of carbonyl (C=O) groups is 2. The third-order valence-corrected chi connectivity index (χ3v) is 3.52. The van der Waals surface area contributed by atoms with Gasteiger partial charge < -0.3 is 20.7 Å². The van der Waals surface area contributed by atoms with Crippen molar-refractivity contribution in [3.8, 4) is 5.75 Å². The molecule has 0 saturated carbocycles. The largest absolute Gasteiger partial charge is 0.484 e. The Balaban J connectivity index is 1.50. The van der Waals surface area contributed by atoms with Gasteiger partial charge in [-0.1, -0.05) is 18.2 Å². The number of carbonyl (C=O) groups excluding carboxylic acids is 2. The van der Waals surface area contributed by atoms with Crippen molar-refractivity contribution in [2.24, 2.45) is 0 Å². The Morgan fingerprint density at radius 1 is 0.821 bits per heavy atom. The number of hydrogen-bond donors (Lipinski definition) is 3. The molecule has 0 aliphatic heterocycles. The van der Waals surface area contributed by atoms with Crippen LogP contribution in [-0.4, -0.2) is 28.6 Å². The summed E-state index contributed by atoms with van der Waals surface area (Å²) in [4.78, 5) is 22.9. The van der Waals surface area contributed by atoms with Crippen LogP contribution in [0.4, 0.5) is 23.0 Å². The number of hydrogen-bond acceptors (Lipinski definition) is 6. The molecule has 0 aliphatic carbocycles. The fraction of sp³-hybridized carbons (Fsp3) is 0.100. The van der Waals surface area contributed by atoms with E-state index in [9.17, 15) is 9.59 Å². The molecule has 0 spiro atoms. The zero-order valence-electron chi connectivity index (χ0n) is 15.2. The third kappa shape index (κ3) is 5.80. The van der Waals surface area contributed by atoms with Crippen molar-refractivity contribution in [1.29, 1.82) is 0 Å². The first-order valence-corrected chi connectivity index (χ1v) is 8.54. The van der Waals surface area contributed by atoms with Gasteiger partial charge >= 0.3 is 0 Å². The van der Waals surface area contributed by atoms with Crippen molar-refractivity contribution >= 4 is 34.8 Å². The lowest BCUT2D eigenvalue weighted by Crippen LogP contribution is -2.21. The van der Waals surface area contributed by atoms with Gasteiger partial charge in [-0.15, -0.1) is 10.2 Å². The number of para-hydroxylation sites is 1. The highest BCUT2D eigenvalue weighted by molar-refractivity contribution is 5.91. The van der Waals surface area contributed by atoms with Crippen molar-refractivity contribution in [3.05, 3.63) is 66.7 Å². The predicted octanol–water partition coefficient (Wildman–Crippen LogP) is 3.20. The lowest BCUT2D eigenvalue weighted by atomic mass is 10.2. The summed E-state index contributed by atoms with van der Waals surface area (Å²) in [6.07, 6.45) is 0. The predicted molar refractivity (Wildman–Crippen MR) is 107 cm³/mol. The normalized spacial score (nSPS) is 10.0. The molecule has 1 heterocycles.